The van der Waals surface area contributed by atoms with Crippen LogP contribution < -0.4 is 13.7 Å². The molecule has 1 aliphatic rings. The van der Waals surface area contributed by atoms with Crippen LogP contribution in [-0.2, 0) is 5.75 Å². The van der Waals surface area contributed by atoms with Gasteiger partial charge in [-0.2, -0.15) is 13.2 Å². The second-order valence-electron chi connectivity index (χ2n) is 5.98. The maximum Gasteiger partial charge on any atom is 0.427 e. The Morgan fingerprint density at radius 3 is 2.81 bits per heavy atom. The average Bonchev–Trinajstić information content (AvgIpc) is 2.91. The Bertz CT molecular complexity index is 986. The van der Waals surface area contributed by atoms with Gasteiger partial charge in [-0.25, -0.2) is 8.98 Å². The SMILES string of the molecule is Cc1c(OCC(F)(F)F)cc[n+]2c1CSN(C)n1c-2nc2ccccc21. The number of ether oxygens (including phenoxy) is 1. The first kappa shape index (κ1) is 17.0. The maximum atomic E-state index is 12.5. The number of para-hydroxylation sites is 2. The molecule has 1 aliphatic heterocycles. The zero-order chi connectivity index (χ0) is 18.5. The molecule has 0 amide bonds. The molecule has 0 unspecified atom stereocenters. The summed E-state index contributed by atoms with van der Waals surface area (Å²) >= 11 is 1.55. The minimum Gasteiger partial charge on any atom is -0.484 e. The molecule has 0 aliphatic carbocycles. The normalized spacial score (nSPS) is 14.1. The number of halogens is 3. The highest BCUT2D eigenvalue weighted by Gasteiger charge is 2.32. The largest absolute Gasteiger partial charge is 0.484 e. The van der Waals surface area contributed by atoms with E-state index in [9.17, 15) is 13.2 Å². The van der Waals surface area contributed by atoms with Crippen molar-refractivity contribution in [3.63, 3.8) is 0 Å². The van der Waals surface area contributed by atoms with Crippen LogP contribution in [0, 0.1) is 6.92 Å². The summed E-state index contributed by atoms with van der Waals surface area (Å²) in [4.78, 5) is 4.71. The molecular weight excluding hydrogens is 365 g/mol. The molecule has 3 aromatic rings. The number of pyridine rings is 1. The van der Waals surface area contributed by atoms with Crippen LogP contribution in [0.5, 0.6) is 5.75 Å². The highest BCUT2D eigenvalue weighted by molar-refractivity contribution is 7.99. The van der Waals surface area contributed by atoms with Crippen molar-refractivity contribution in [3.8, 4) is 11.7 Å². The van der Waals surface area contributed by atoms with Crippen LogP contribution in [0.15, 0.2) is 36.5 Å². The number of hydrogen-bond donors (Lipinski definition) is 0. The monoisotopic (exact) mass is 381 g/mol. The van der Waals surface area contributed by atoms with Gasteiger partial charge in [0.05, 0.1) is 11.9 Å². The second kappa shape index (κ2) is 6.08. The molecule has 0 N–H and O–H groups in total. The van der Waals surface area contributed by atoms with E-state index in [-0.39, 0.29) is 5.75 Å². The van der Waals surface area contributed by atoms with Gasteiger partial charge in [-0.3, -0.25) is 0 Å². The van der Waals surface area contributed by atoms with Crippen molar-refractivity contribution in [1.29, 1.82) is 0 Å². The molecule has 0 saturated heterocycles. The van der Waals surface area contributed by atoms with Gasteiger partial charge < -0.3 is 4.74 Å². The van der Waals surface area contributed by atoms with Gasteiger partial charge in [-0.15, -0.1) is 4.68 Å². The van der Waals surface area contributed by atoms with E-state index in [0.717, 1.165) is 16.7 Å². The lowest BCUT2D eigenvalue weighted by Crippen LogP contribution is -2.39. The van der Waals surface area contributed by atoms with Gasteiger partial charge in [-0.05, 0) is 31.0 Å². The summed E-state index contributed by atoms with van der Waals surface area (Å²) in [7, 11) is 1.94. The summed E-state index contributed by atoms with van der Waals surface area (Å²) in [5.41, 5.74) is 3.35. The fourth-order valence-electron chi connectivity index (χ4n) is 3.01. The van der Waals surface area contributed by atoms with Crippen molar-refractivity contribution in [2.24, 2.45) is 0 Å². The number of hydrogen-bond acceptors (Lipinski definition) is 4. The Hall–Kier alpha value is -2.42. The number of fused-ring (bicyclic) bond motifs is 5. The summed E-state index contributed by atoms with van der Waals surface area (Å²) in [6, 6.07) is 9.36. The Balaban J connectivity index is 1.84. The zero-order valence-electron chi connectivity index (χ0n) is 14.1. The topological polar surface area (TPSA) is 34.2 Å². The van der Waals surface area contributed by atoms with Crippen molar-refractivity contribution in [1.82, 2.24) is 9.66 Å². The first-order valence-corrected chi connectivity index (χ1v) is 8.88. The number of imidazole rings is 1. The summed E-state index contributed by atoms with van der Waals surface area (Å²) in [5.74, 6) is 1.52. The minimum absolute atomic E-state index is 0.237. The van der Waals surface area contributed by atoms with Crippen LogP contribution in [0.2, 0.25) is 0 Å². The van der Waals surface area contributed by atoms with Gasteiger partial charge in [0.25, 0.3) is 0 Å². The number of aromatic nitrogens is 3. The van der Waals surface area contributed by atoms with Gasteiger partial charge >= 0.3 is 12.1 Å². The molecule has 0 bridgehead atoms. The van der Waals surface area contributed by atoms with E-state index in [1.807, 2.05) is 45.0 Å². The lowest BCUT2D eigenvalue weighted by molar-refractivity contribution is -0.612. The zero-order valence-corrected chi connectivity index (χ0v) is 14.9. The Morgan fingerprint density at radius 2 is 2.04 bits per heavy atom. The van der Waals surface area contributed by atoms with Crippen LogP contribution in [-0.4, -0.2) is 29.5 Å². The Kier molecular flexibility index (Phi) is 3.98. The van der Waals surface area contributed by atoms with Crippen LogP contribution in [0.25, 0.3) is 17.0 Å². The van der Waals surface area contributed by atoms with E-state index in [1.165, 1.54) is 0 Å². The second-order valence-corrected chi connectivity index (χ2v) is 7.05. The molecule has 0 radical (unpaired) electrons. The third kappa shape index (κ3) is 2.86. The van der Waals surface area contributed by atoms with Crippen molar-refractivity contribution < 1.29 is 22.5 Å². The number of rotatable bonds is 2. The molecule has 0 saturated carbocycles. The number of benzene rings is 1. The van der Waals surface area contributed by atoms with Gasteiger partial charge in [0, 0.05) is 18.7 Å². The van der Waals surface area contributed by atoms with Crippen molar-refractivity contribution in [2.45, 2.75) is 18.9 Å². The first-order valence-electron chi connectivity index (χ1n) is 7.93. The Labute approximate surface area is 152 Å². The van der Waals surface area contributed by atoms with E-state index < -0.39 is 12.8 Å². The van der Waals surface area contributed by atoms with Crippen molar-refractivity contribution in [3.05, 3.63) is 47.8 Å². The lowest BCUT2D eigenvalue weighted by Gasteiger charge is -2.14. The predicted octanol–water partition coefficient (Wildman–Crippen LogP) is 3.29. The molecular formula is C17H16F3N4OS+. The summed E-state index contributed by atoms with van der Waals surface area (Å²) in [6.07, 6.45) is -2.65. The molecule has 136 valence electrons. The third-order valence-corrected chi connectivity index (χ3v) is 5.20. The van der Waals surface area contributed by atoms with E-state index >= 15 is 0 Å². The fraction of sp³-hybridized carbons (Fsp3) is 0.294. The van der Waals surface area contributed by atoms with Crippen LogP contribution in [0.4, 0.5) is 13.2 Å². The maximum absolute atomic E-state index is 12.5. The standard InChI is InChI=1S/C17H16F3N4OS/c1-11-14-9-26-22(2)24-13-6-4-3-5-12(13)21-16(24)23(14)8-7-15(11)25-10-17(18,19)20/h3-8H,9-10H2,1-2H3/q+1. The van der Waals surface area contributed by atoms with Crippen molar-refractivity contribution in [2.75, 3.05) is 18.1 Å². The first-order chi connectivity index (χ1) is 12.3. The molecule has 26 heavy (non-hydrogen) atoms. The highest BCUT2D eigenvalue weighted by atomic mass is 32.2. The third-order valence-electron chi connectivity index (χ3n) is 4.26. The molecule has 5 nitrogen and oxygen atoms in total. The molecule has 0 atom stereocenters. The summed E-state index contributed by atoms with van der Waals surface area (Å²) in [6.45, 7) is 0.471. The highest BCUT2D eigenvalue weighted by Crippen LogP contribution is 2.29. The van der Waals surface area contributed by atoms with Gasteiger partial charge in [0.1, 0.15) is 11.4 Å². The molecule has 9 heteroatoms. The van der Waals surface area contributed by atoms with Crippen LogP contribution >= 0.6 is 11.9 Å². The van der Waals surface area contributed by atoms with Gasteiger partial charge in [-0.1, -0.05) is 17.1 Å². The van der Waals surface area contributed by atoms with E-state index in [4.69, 9.17) is 9.72 Å². The van der Waals surface area contributed by atoms with E-state index in [2.05, 4.69) is 0 Å². The van der Waals surface area contributed by atoms with Crippen molar-refractivity contribution >= 4 is 23.0 Å². The fourth-order valence-corrected chi connectivity index (χ4v) is 3.95. The molecule has 0 spiro atoms. The molecule has 2 aromatic heterocycles. The van der Waals surface area contributed by atoms with Gasteiger partial charge in [0.15, 0.2) is 17.6 Å². The molecule has 3 heterocycles. The average molecular weight is 381 g/mol. The molecule has 4 rings (SSSR count). The lowest BCUT2D eigenvalue weighted by atomic mass is 10.2. The smallest absolute Gasteiger partial charge is 0.427 e. The quantitative estimate of drug-likeness (QED) is 0.504. The van der Waals surface area contributed by atoms with E-state index in [1.54, 1.807) is 31.1 Å². The molecule has 1 aromatic carbocycles. The number of nitrogens with zero attached hydrogens (tertiary/aromatic N) is 4. The summed E-state index contributed by atoms with van der Waals surface area (Å²) in [5, 5.41) is 0. The van der Waals surface area contributed by atoms with Crippen LogP contribution in [0.3, 0.4) is 0 Å². The van der Waals surface area contributed by atoms with Crippen LogP contribution in [0.1, 0.15) is 11.3 Å². The Morgan fingerprint density at radius 1 is 1.27 bits per heavy atom. The predicted molar refractivity (Wildman–Crippen MR) is 93.0 cm³/mol. The summed E-state index contributed by atoms with van der Waals surface area (Å²) < 4.78 is 48.3. The minimum atomic E-state index is -4.37. The number of alkyl halides is 3. The van der Waals surface area contributed by atoms with E-state index in [0.29, 0.717) is 17.3 Å². The molecule has 0 fully saturated rings. The van der Waals surface area contributed by atoms with Gasteiger partial charge in [0.2, 0.25) is 0 Å².